The number of nitrogens with zero attached hydrogens (tertiary/aromatic N) is 3. The molecule has 1 aromatic heterocycles. The highest BCUT2D eigenvalue weighted by Crippen LogP contribution is 2.20. The van der Waals surface area contributed by atoms with Crippen LogP contribution in [0.4, 0.5) is 16.0 Å². The van der Waals surface area contributed by atoms with Crippen molar-refractivity contribution in [2.45, 2.75) is 18.1 Å². The molecule has 0 saturated heterocycles. The second-order valence-corrected chi connectivity index (χ2v) is 6.63. The van der Waals surface area contributed by atoms with Crippen molar-refractivity contribution in [3.05, 3.63) is 66.0 Å². The van der Waals surface area contributed by atoms with Gasteiger partial charge in [-0.05, 0) is 36.2 Å². The minimum atomic E-state index is -0.358. The van der Waals surface area contributed by atoms with Crippen molar-refractivity contribution >= 4 is 29.3 Å². The van der Waals surface area contributed by atoms with E-state index in [0.717, 1.165) is 12.2 Å². The molecule has 0 unspecified atom stereocenters. The third-order valence-electron chi connectivity index (χ3n) is 3.64. The Morgan fingerprint density at radius 3 is 2.58 bits per heavy atom. The number of benzene rings is 2. The molecule has 0 aliphatic carbocycles. The number of aromatic nitrogens is 3. The van der Waals surface area contributed by atoms with Crippen LogP contribution in [-0.2, 0) is 17.8 Å². The van der Waals surface area contributed by atoms with Crippen molar-refractivity contribution in [3.8, 4) is 0 Å². The number of halogens is 1. The van der Waals surface area contributed by atoms with Crippen LogP contribution in [0.3, 0.4) is 0 Å². The summed E-state index contributed by atoms with van der Waals surface area (Å²) in [7, 11) is 0. The summed E-state index contributed by atoms with van der Waals surface area (Å²) in [5, 5.41) is 11.2. The number of hydrogen-bond acceptors (Lipinski definition) is 5. The molecule has 2 aromatic carbocycles. The Kier molecular flexibility index (Phi) is 5.85. The van der Waals surface area contributed by atoms with E-state index < -0.39 is 0 Å². The molecule has 0 spiro atoms. The van der Waals surface area contributed by atoms with Crippen LogP contribution in [0, 0.1) is 5.82 Å². The van der Waals surface area contributed by atoms with Crippen LogP contribution in [0.2, 0.25) is 0 Å². The van der Waals surface area contributed by atoms with Crippen molar-refractivity contribution in [1.29, 1.82) is 0 Å². The molecule has 0 aliphatic heterocycles. The van der Waals surface area contributed by atoms with Gasteiger partial charge in [-0.2, -0.15) is 0 Å². The number of anilines is 2. The molecular formula is C18H18FN5OS. The number of rotatable bonds is 7. The fourth-order valence-corrected chi connectivity index (χ4v) is 3.27. The van der Waals surface area contributed by atoms with Gasteiger partial charge in [-0.1, -0.05) is 42.1 Å². The van der Waals surface area contributed by atoms with Crippen molar-refractivity contribution in [3.63, 3.8) is 0 Å². The summed E-state index contributed by atoms with van der Waals surface area (Å²) >= 11 is 1.49. The fraction of sp³-hybridized carbons (Fsp3) is 0.167. The summed E-state index contributed by atoms with van der Waals surface area (Å²) in [6, 6.07) is 15.7. The first-order valence-corrected chi connectivity index (χ1v) is 9.01. The molecule has 3 rings (SSSR count). The lowest BCUT2D eigenvalue weighted by molar-refractivity contribution is -0.116. The molecule has 0 aliphatic rings. The minimum absolute atomic E-state index is 0.0100. The second kappa shape index (κ2) is 8.48. The lowest BCUT2D eigenvalue weighted by Gasteiger charge is -2.09. The average Bonchev–Trinajstić information content (AvgIpc) is 2.98. The Bertz CT molecular complexity index is 867. The van der Waals surface area contributed by atoms with E-state index in [2.05, 4.69) is 27.6 Å². The molecular weight excluding hydrogens is 353 g/mol. The molecule has 0 saturated carbocycles. The van der Waals surface area contributed by atoms with E-state index in [4.69, 9.17) is 5.73 Å². The van der Waals surface area contributed by atoms with E-state index in [1.807, 2.05) is 18.2 Å². The van der Waals surface area contributed by atoms with Crippen molar-refractivity contribution in [2.24, 2.45) is 0 Å². The Hall–Kier alpha value is -2.87. The molecule has 0 radical (unpaired) electrons. The van der Waals surface area contributed by atoms with Gasteiger partial charge in [0.1, 0.15) is 12.4 Å². The van der Waals surface area contributed by atoms with Gasteiger partial charge in [0, 0.05) is 11.4 Å². The quantitative estimate of drug-likeness (QED) is 0.624. The normalized spacial score (nSPS) is 10.7. The Labute approximate surface area is 154 Å². The second-order valence-electron chi connectivity index (χ2n) is 5.57. The van der Waals surface area contributed by atoms with E-state index in [-0.39, 0.29) is 24.2 Å². The Morgan fingerprint density at radius 2 is 1.85 bits per heavy atom. The summed E-state index contributed by atoms with van der Waals surface area (Å²) in [5.74, 6) is 0.333. The predicted octanol–water partition coefficient (Wildman–Crippen LogP) is 2.97. The van der Waals surface area contributed by atoms with Gasteiger partial charge in [0.15, 0.2) is 5.16 Å². The molecule has 6 nitrogen and oxygen atoms in total. The summed E-state index contributed by atoms with van der Waals surface area (Å²) in [5.41, 5.74) is 7.58. The van der Waals surface area contributed by atoms with Gasteiger partial charge in [-0.15, -0.1) is 10.2 Å². The van der Waals surface area contributed by atoms with Gasteiger partial charge >= 0.3 is 0 Å². The number of nitrogens with two attached hydrogens (primary N) is 1. The van der Waals surface area contributed by atoms with Gasteiger partial charge in [-0.25, -0.2) is 4.39 Å². The number of amides is 1. The Balaban J connectivity index is 1.58. The maximum absolute atomic E-state index is 12.9. The van der Waals surface area contributed by atoms with Crippen LogP contribution in [-0.4, -0.2) is 26.4 Å². The summed E-state index contributed by atoms with van der Waals surface area (Å²) in [6.07, 6.45) is 0.875. The molecule has 0 bridgehead atoms. The topological polar surface area (TPSA) is 85.8 Å². The van der Waals surface area contributed by atoms with Gasteiger partial charge in [0.25, 0.3) is 0 Å². The predicted molar refractivity (Wildman–Crippen MR) is 100 cm³/mol. The molecule has 3 aromatic rings. The van der Waals surface area contributed by atoms with E-state index >= 15 is 0 Å². The largest absolute Gasteiger partial charge is 0.368 e. The first-order valence-electron chi connectivity index (χ1n) is 8.02. The molecule has 3 N–H and O–H groups in total. The number of thioether (sulfide) groups is 1. The summed E-state index contributed by atoms with van der Waals surface area (Å²) < 4.78 is 14.5. The third kappa shape index (κ3) is 4.82. The minimum Gasteiger partial charge on any atom is -0.368 e. The maximum atomic E-state index is 12.9. The van der Waals surface area contributed by atoms with Gasteiger partial charge < -0.3 is 11.1 Å². The van der Waals surface area contributed by atoms with Crippen molar-refractivity contribution < 1.29 is 9.18 Å². The van der Waals surface area contributed by atoms with Crippen molar-refractivity contribution in [1.82, 2.24) is 14.8 Å². The van der Waals surface area contributed by atoms with Crippen LogP contribution in [0.1, 0.15) is 5.56 Å². The first kappa shape index (κ1) is 17.9. The zero-order chi connectivity index (χ0) is 18.4. The zero-order valence-electron chi connectivity index (χ0n) is 13.9. The third-order valence-corrected chi connectivity index (χ3v) is 4.61. The molecule has 1 heterocycles. The van der Waals surface area contributed by atoms with E-state index in [0.29, 0.717) is 10.8 Å². The van der Waals surface area contributed by atoms with Crippen LogP contribution >= 0.6 is 11.8 Å². The average molecular weight is 371 g/mol. The lowest BCUT2D eigenvalue weighted by atomic mass is 10.2. The van der Waals surface area contributed by atoms with E-state index in [1.165, 1.54) is 41.6 Å². The van der Waals surface area contributed by atoms with Crippen LogP contribution in [0.25, 0.3) is 0 Å². The maximum Gasteiger partial charge on any atom is 0.244 e. The molecule has 0 fully saturated rings. The molecule has 1 amide bonds. The van der Waals surface area contributed by atoms with Gasteiger partial charge in [0.05, 0.1) is 0 Å². The highest BCUT2D eigenvalue weighted by Gasteiger charge is 2.14. The fourth-order valence-electron chi connectivity index (χ4n) is 2.34. The number of nitrogen functional groups attached to an aromatic ring is 1. The molecule has 134 valence electrons. The van der Waals surface area contributed by atoms with Crippen molar-refractivity contribution in [2.75, 3.05) is 16.8 Å². The smallest absolute Gasteiger partial charge is 0.244 e. The number of carbonyl (C=O) groups is 1. The first-order chi connectivity index (χ1) is 12.6. The number of hydrogen-bond donors (Lipinski definition) is 2. The standard InChI is InChI=1S/C18H18FN5OS/c19-14-6-8-15(9-7-14)21-16(25)12-24-17(20)22-23-18(24)26-11-10-13-4-2-1-3-5-13/h1-9H,10-12H2,(H2,20,22)(H,21,25). The van der Waals surface area contributed by atoms with E-state index in [9.17, 15) is 9.18 Å². The van der Waals surface area contributed by atoms with Crippen LogP contribution < -0.4 is 11.1 Å². The summed E-state index contributed by atoms with van der Waals surface area (Å²) in [6.45, 7) is -0.0100. The van der Waals surface area contributed by atoms with E-state index in [1.54, 1.807) is 4.57 Å². The monoisotopic (exact) mass is 371 g/mol. The lowest BCUT2D eigenvalue weighted by Crippen LogP contribution is -2.20. The number of nitrogens with one attached hydrogen (secondary N) is 1. The van der Waals surface area contributed by atoms with Gasteiger partial charge in [-0.3, -0.25) is 9.36 Å². The van der Waals surface area contributed by atoms with Crippen LogP contribution in [0.5, 0.6) is 0 Å². The number of carbonyl (C=O) groups excluding carboxylic acids is 1. The molecule has 26 heavy (non-hydrogen) atoms. The SMILES string of the molecule is Nc1nnc(SCCc2ccccc2)n1CC(=O)Nc1ccc(F)cc1. The Morgan fingerprint density at radius 1 is 1.12 bits per heavy atom. The zero-order valence-corrected chi connectivity index (χ0v) is 14.7. The van der Waals surface area contributed by atoms with Gasteiger partial charge in [0.2, 0.25) is 11.9 Å². The highest BCUT2D eigenvalue weighted by molar-refractivity contribution is 7.99. The summed E-state index contributed by atoms with van der Waals surface area (Å²) in [4.78, 5) is 12.2. The molecule has 8 heteroatoms. The number of aryl methyl sites for hydroxylation is 1. The van der Waals surface area contributed by atoms with Crippen LogP contribution in [0.15, 0.2) is 59.8 Å². The highest BCUT2D eigenvalue weighted by atomic mass is 32.2. The molecule has 0 atom stereocenters.